The number of amides is 1. The van der Waals surface area contributed by atoms with E-state index >= 15 is 0 Å². The number of rotatable bonds is 2. The molecule has 0 saturated heterocycles. The zero-order valence-corrected chi connectivity index (χ0v) is 12.4. The first-order valence-corrected chi connectivity index (χ1v) is 6.64. The van der Waals surface area contributed by atoms with Crippen LogP contribution in [0.3, 0.4) is 0 Å². The van der Waals surface area contributed by atoms with Crippen molar-refractivity contribution in [1.29, 1.82) is 0 Å². The Hall–Kier alpha value is -2.05. The van der Waals surface area contributed by atoms with E-state index < -0.39 is 17.4 Å². The Morgan fingerprint density at radius 1 is 1.25 bits per heavy atom. The first-order valence-electron chi connectivity index (χ1n) is 6.64. The highest BCUT2D eigenvalue weighted by atomic mass is 16.2. The maximum atomic E-state index is 12.3. The van der Waals surface area contributed by atoms with E-state index in [1.54, 1.807) is 6.08 Å². The maximum absolute atomic E-state index is 12.3. The molecule has 110 valence electrons. The standard InChI is InChI=1S/C13H20N4O3/c1-7(2)14-11(18)10-6-8(3)9(4)16-12(19)15(5)13(20)17(10)16/h6-7,9-10H,1-5H3,(H,14,18). The molecule has 0 saturated carbocycles. The molecule has 7 nitrogen and oxygen atoms in total. The number of carbonyl (C=O) groups is 1. The minimum atomic E-state index is -0.782. The van der Waals surface area contributed by atoms with E-state index in [1.807, 2.05) is 27.7 Å². The molecule has 20 heavy (non-hydrogen) atoms. The third kappa shape index (κ3) is 2.03. The summed E-state index contributed by atoms with van der Waals surface area (Å²) in [6.07, 6.45) is 1.74. The molecule has 2 heterocycles. The van der Waals surface area contributed by atoms with Crippen molar-refractivity contribution in [2.45, 2.75) is 45.8 Å². The summed E-state index contributed by atoms with van der Waals surface area (Å²) in [5.41, 5.74) is 0.00779. The van der Waals surface area contributed by atoms with Gasteiger partial charge in [-0.2, -0.15) is 0 Å². The minimum absolute atomic E-state index is 0.0323. The fraction of sp³-hybridized carbons (Fsp3) is 0.615. The number of allylic oxidation sites excluding steroid dienone is 1. The molecule has 0 fully saturated rings. The molecule has 0 bridgehead atoms. The molecule has 1 aliphatic rings. The van der Waals surface area contributed by atoms with Crippen molar-refractivity contribution in [2.24, 2.45) is 7.05 Å². The van der Waals surface area contributed by atoms with Gasteiger partial charge in [-0.1, -0.05) is 5.57 Å². The van der Waals surface area contributed by atoms with Gasteiger partial charge in [0.1, 0.15) is 0 Å². The van der Waals surface area contributed by atoms with Gasteiger partial charge in [0.15, 0.2) is 6.04 Å². The summed E-state index contributed by atoms with van der Waals surface area (Å²) in [5.74, 6) is -0.285. The van der Waals surface area contributed by atoms with Gasteiger partial charge in [0, 0.05) is 13.1 Å². The topological polar surface area (TPSA) is 78.0 Å². The van der Waals surface area contributed by atoms with Crippen molar-refractivity contribution in [3.63, 3.8) is 0 Å². The van der Waals surface area contributed by atoms with E-state index in [2.05, 4.69) is 5.32 Å². The number of nitrogens with one attached hydrogen (secondary N) is 1. The monoisotopic (exact) mass is 280 g/mol. The van der Waals surface area contributed by atoms with E-state index in [0.29, 0.717) is 0 Å². The van der Waals surface area contributed by atoms with Gasteiger partial charge < -0.3 is 5.32 Å². The Morgan fingerprint density at radius 3 is 2.35 bits per heavy atom. The summed E-state index contributed by atoms with van der Waals surface area (Å²) in [7, 11) is 1.42. The summed E-state index contributed by atoms with van der Waals surface area (Å²) < 4.78 is 3.61. The summed E-state index contributed by atoms with van der Waals surface area (Å²) in [6, 6.07) is -1.05. The van der Waals surface area contributed by atoms with Crippen LogP contribution in [0.2, 0.25) is 0 Å². The largest absolute Gasteiger partial charge is 0.352 e. The van der Waals surface area contributed by atoms with Crippen molar-refractivity contribution in [1.82, 2.24) is 19.2 Å². The number of aromatic nitrogens is 3. The van der Waals surface area contributed by atoms with Crippen LogP contribution >= 0.6 is 0 Å². The molecule has 1 N–H and O–H groups in total. The number of nitrogens with zero attached hydrogens (tertiary/aromatic N) is 3. The SMILES string of the molecule is CC1=CC(C(=O)NC(C)C)n2c(=O)n(C)c(=O)n2C1C. The minimum Gasteiger partial charge on any atom is -0.352 e. The highest BCUT2D eigenvalue weighted by molar-refractivity contribution is 5.82. The van der Waals surface area contributed by atoms with Crippen LogP contribution in [0.5, 0.6) is 0 Å². The fourth-order valence-corrected chi connectivity index (χ4v) is 2.39. The molecule has 0 aliphatic carbocycles. The van der Waals surface area contributed by atoms with E-state index in [4.69, 9.17) is 0 Å². The lowest BCUT2D eigenvalue weighted by molar-refractivity contribution is -0.124. The number of fused-ring (bicyclic) bond motifs is 1. The van der Waals surface area contributed by atoms with Gasteiger partial charge >= 0.3 is 11.4 Å². The fourth-order valence-electron chi connectivity index (χ4n) is 2.39. The average Bonchev–Trinajstić information content (AvgIpc) is 2.58. The molecule has 1 aromatic heterocycles. The summed E-state index contributed by atoms with van der Waals surface area (Å²) >= 11 is 0. The van der Waals surface area contributed by atoms with Gasteiger partial charge in [-0.05, 0) is 33.8 Å². The van der Waals surface area contributed by atoms with Crippen molar-refractivity contribution in [3.05, 3.63) is 32.6 Å². The molecule has 0 aromatic carbocycles. The lowest BCUT2D eigenvalue weighted by atomic mass is 10.0. The highest BCUT2D eigenvalue weighted by Gasteiger charge is 2.32. The molecule has 0 spiro atoms. The van der Waals surface area contributed by atoms with Gasteiger partial charge in [0.2, 0.25) is 5.91 Å². The third-order valence-electron chi connectivity index (χ3n) is 3.61. The Morgan fingerprint density at radius 2 is 1.80 bits per heavy atom. The van der Waals surface area contributed by atoms with Gasteiger partial charge in [-0.15, -0.1) is 0 Å². The van der Waals surface area contributed by atoms with Gasteiger partial charge in [0.05, 0.1) is 6.04 Å². The lowest BCUT2D eigenvalue weighted by Gasteiger charge is -2.28. The van der Waals surface area contributed by atoms with E-state index in [-0.39, 0.29) is 18.0 Å². The Labute approximate surface area is 116 Å². The lowest BCUT2D eigenvalue weighted by Crippen LogP contribution is -2.44. The van der Waals surface area contributed by atoms with Crippen LogP contribution in [0.15, 0.2) is 21.2 Å². The van der Waals surface area contributed by atoms with Crippen LogP contribution < -0.4 is 16.7 Å². The second kappa shape index (κ2) is 4.81. The van der Waals surface area contributed by atoms with E-state index in [9.17, 15) is 14.4 Å². The first kappa shape index (κ1) is 14.4. The predicted molar refractivity (Wildman–Crippen MR) is 74.7 cm³/mol. The Kier molecular flexibility index (Phi) is 3.45. The molecular formula is C13H20N4O3. The average molecular weight is 280 g/mol. The number of hydrogen-bond donors (Lipinski definition) is 1. The Balaban J connectivity index is 2.63. The van der Waals surface area contributed by atoms with E-state index in [1.165, 1.54) is 16.4 Å². The zero-order valence-electron chi connectivity index (χ0n) is 12.4. The number of hydrogen-bond acceptors (Lipinski definition) is 3. The predicted octanol–water partition coefficient (Wildman–Crippen LogP) is -0.0649. The van der Waals surface area contributed by atoms with Crippen LogP contribution in [0.1, 0.15) is 39.8 Å². The first-order chi connectivity index (χ1) is 9.25. The highest BCUT2D eigenvalue weighted by Crippen LogP contribution is 2.24. The second-order valence-corrected chi connectivity index (χ2v) is 5.51. The van der Waals surface area contributed by atoms with Gasteiger partial charge in [-0.3, -0.25) is 4.79 Å². The molecule has 1 aliphatic heterocycles. The van der Waals surface area contributed by atoms with Crippen molar-refractivity contribution in [3.8, 4) is 0 Å². The van der Waals surface area contributed by atoms with Crippen LogP contribution in [0, 0.1) is 0 Å². The summed E-state index contributed by atoms with van der Waals surface area (Å²) in [5, 5.41) is 2.78. The second-order valence-electron chi connectivity index (χ2n) is 5.51. The maximum Gasteiger partial charge on any atom is 0.347 e. The smallest absolute Gasteiger partial charge is 0.347 e. The molecule has 2 atom stereocenters. The Bertz CT molecular complexity index is 689. The molecule has 2 unspecified atom stereocenters. The van der Waals surface area contributed by atoms with Crippen molar-refractivity contribution < 1.29 is 4.79 Å². The third-order valence-corrected chi connectivity index (χ3v) is 3.61. The summed E-state index contributed by atoms with van der Waals surface area (Å²) in [4.78, 5) is 36.6. The van der Waals surface area contributed by atoms with Crippen LogP contribution in [-0.2, 0) is 11.8 Å². The van der Waals surface area contributed by atoms with Crippen molar-refractivity contribution >= 4 is 5.91 Å². The molecule has 2 rings (SSSR count). The van der Waals surface area contributed by atoms with E-state index in [0.717, 1.165) is 10.1 Å². The number of carbonyl (C=O) groups excluding carboxylic acids is 1. The van der Waals surface area contributed by atoms with Gasteiger partial charge in [0.25, 0.3) is 0 Å². The zero-order chi connectivity index (χ0) is 15.2. The molecule has 7 heteroatoms. The molecular weight excluding hydrogens is 260 g/mol. The molecule has 0 radical (unpaired) electrons. The van der Waals surface area contributed by atoms with Crippen LogP contribution in [0.4, 0.5) is 0 Å². The van der Waals surface area contributed by atoms with Gasteiger partial charge in [-0.25, -0.2) is 23.5 Å². The molecule has 1 amide bonds. The quantitative estimate of drug-likeness (QED) is 0.771. The van der Waals surface area contributed by atoms with Crippen LogP contribution in [-0.4, -0.2) is 25.9 Å². The summed E-state index contributed by atoms with van der Waals surface area (Å²) in [6.45, 7) is 7.38. The normalized spacial score (nSPS) is 21.6. The van der Waals surface area contributed by atoms with Crippen LogP contribution in [0.25, 0.3) is 0 Å². The van der Waals surface area contributed by atoms with Crippen molar-refractivity contribution in [2.75, 3.05) is 0 Å². The molecule has 1 aromatic rings.